The van der Waals surface area contributed by atoms with Crippen molar-refractivity contribution in [2.75, 3.05) is 13.2 Å². The van der Waals surface area contributed by atoms with Gasteiger partial charge in [0.2, 0.25) is 5.91 Å². The van der Waals surface area contributed by atoms with Crippen LogP contribution in [0.15, 0.2) is 12.1 Å². The zero-order valence-electron chi connectivity index (χ0n) is 17.3. The molecule has 1 unspecified atom stereocenters. The van der Waals surface area contributed by atoms with Crippen LogP contribution in [0.5, 0.6) is 0 Å². The number of nitrogens with zero attached hydrogens (tertiary/aromatic N) is 1. The highest BCUT2D eigenvalue weighted by atomic mass is 32.1. The molecule has 0 radical (unpaired) electrons. The van der Waals surface area contributed by atoms with Gasteiger partial charge >= 0.3 is 5.97 Å². The summed E-state index contributed by atoms with van der Waals surface area (Å²) in [7, 11) is 0. The Balaban J connectivity index is 1.42. The molecule has 7 heteroatoms. The van der Waals surface area contributed by atoms with Crippen LogP contribution in [0.4, 0.5) is 0 Å². The van der Waals surface area contributed by atoms with Gasteiger partial charge in [-0.1, -0.05) is 19.8 Å². The lowest BCUT2D eigenvalue weighted by atomic mass is 9.62. The van der Waals surface area contributed by atoms with Crippen LogP contribution in [0.1, 0.15) is 79.3 Å². The summed E-state index contributed by atoms with van der Waals surface area (Å²) >= 11 is 1.22. The van der Waals surface area contributed by atoms with Crippen LogP contribution in [-0.4, -0.2) is 52.3 Å². The fourth-order valence-corrected chi connectivity index (χ4v) is 5.56. The number of thiophene rings is 1. The Bertz CT molecular complexity index is 699. The van der Waals surface area contributed by atoms with E-state index >= 15 is 0 Å². The average Bonchev–Trinajstić information content (AvgIpc) is 3.26. The van der Waals surface area contributed by atoms with E-state index in [9.17, 15) is 14.7 Å². The highest BCUT2D eigenvalue weighted by molar-refractivity contribution is 7.13. The van der Waals surface area contributed by atoms with E-state index in [2.05, 4.69) is 6.92 Å². The van der Waals surface area contributed by atoms with Gasteiger partial charge in [0.05, 0.1) is 25.4 Å². The summed E-state index contributed by atoms with van der Waals surface area (Å²) in [5.74, 6) is -0.747. The van der Waals surface area contributed by atoms with Gasteiger partial charge in [-0.2, -0.15) is 0 Å². The number of hydrogen-bond donors (Lipinski definition) is 2. The van der Waals surface area contributed by atoms with Gasteiger partial charge in [0.15, 0.2) is 0 Å². The van der Waals surface area contributed by atoms with Crippen molar-refractivity contribution in [3.05, 3.63) is 21.9 Å². The van der Waals surface area contributed by atoms with Crippen molar-refractivity contribution in [3.63, 3.8) is 0 Å². The minimum absolute atomic E-state index is 0.0758. The maximum absolute atomic E-state index is 12.3. The Morgan fingerprint density at radius 3 is 2.83 bits per heavy atom. The van der Waals surface area contributed by atoms with E-state index in [0.29, 0.717) is 31.1 Å². The number of carboxylic acid groups (broad SMARTS) is 1. The maximum Gasteiger partial charge on any atom is 0.345 e. The number of amides is 1. The molecule has 2 aliphatic rings. The normalized spacial score (nSPS) is 21.9. The molecule has 1 aromatic rings. The zero-order chi connectivity index (χ0) is 20.9. The van der Waals surface area contributed by atoms with Crippen molar-refractivity contribution in [2.45, 2.75) is 83.5 Å². The van der Waals surface area contributed by atoms with Gasteiger partial charge in [0, 0.05) is 17.8 Å². The number of carboxylic acids is 1. The standard InChI is InChI=1S/C22H33NO5S/c1-2-10-22(11-4-12-22)19(24)5-3-13-23-16(6-9-20(23)25)14-28-15-17-7-8-18(29-17)21(26)27/h7-8,16,19,24H,2-6,9-15H2,1H3,(H,26,27)/t16-,19?/m1/s1. The fourth-order valence-electron chi connectivity index (χ4n) is 4.78. The van der Waals surface area contributed by atoms with Crippen LogP contribution < -0.4 is 0 Å². The predicted molar refractivity (Wildman–Crippen MR) is 112 cm³/mol. The Morgan fingerprint density at radius 2 is 2.21 bits per heavy atom. The van der Waals surface area contributed by atoms with E-state index in [-0.39, 0.29) is 23.5 Å². The Kier molecular flexibility index (Phi) is 7.71. The highest BCUT2D eigenvalue weighted by Gasteiger charge is 2.42. The van der Waals surface area contributed by atoms with Gasteiger partial charge in [-0.3, -0.25) is 4.79 Å². The first-order chi connectivity index (χ1) is 13.9. The lowest BCUT2D eigenvalue weighted by Crippen LogP contribution is -2.42. The molecule has 2 N–H and O–H groups in total. The Hall–Kier alpha value is -1.44. The number of carbonyl (C=O) groups excluding carboxylic acids is 1. The van der Waals surface area contributed by atoms with E-state index in [1.165, 1.54) is 17.8 Å². The minimum atomic E-state index is -0.918. The molecular formula is C22H33NO5S. The van der Waals surface area contributed by atoms with E-state index in [1.807, 2.05) is 4.90 Å². The van der Waals surface area contributed by atoms with Crippen molar-refractivity contribution >= 4 is 23.2 Å². The van der Waals surface area contributed by atoms with Crippen LogP contribution in [0, 0.1) is 5.41 Å². The largest absolute Gasteiger partial charge is 0.477 e. The van der Waals surface area contributed by atoms with Gasteiger partial charge in [-0.25, -0.2) is 4.79 Å². The van der Waals surface area contributed by atoms with Crippen molar-refractivity contribution in [2.24, 2.45) is 5.41 Å². The molecule has 2 heterocycles. The second-order valence-corrected chi connectivity index (χ2v) is 9.66. The van der Waals surface area contributed by atoms with Crippen molar-refractivity contribution in [1.82, 2.24) is 4.90 Å². The van der Waals surface area contributed by atoms with Gasteiger partial charge in [-0.05, 0) is 56.1 Å². The smallest absolute Gasteiger partial charge is 0.345 e. The Labute approximate surface area is 176 Å². The fraction of sp³-hybridized carbons (Fsp3) is 0.727. The molecule has 1 saturated carbocycles. The third kappa shape index (κ3) is 5.38. The quantitative estimate of drug-likeness (QED) is 0.529. The number of ether oxygens (including phenoxy) is 1. The summed E-state index contributed by atoms with van der Waals surface area (Å²) in [4.78, 5) is 26.3. The number of hydrogen-bond acceptors (Lipinski definition) is 5. The van der Waals surface area contributed by atoms with E-state index in [0.717, 1.165) is 49.8 Å². The molecule has 1 aromatic heterocycles. The van der Waals surface area contributed by atoms with Crippen LogP contribution in [0.2, 0.25) is 0 Å². The topological polar surface area (TPSA) is 87.1 Å². The van der Waals surface area contributed by atoms with Crippen molar-refractivity contribution < 1.29 is 24.5 Å². The molecule has 0 spiro atoms. The van der Waals surface area contributed by atoms with E-state index < -0.39 is 5.97 Å². The summed E-state index contributed by atoms with van der Waals surface area (Å²) in [6.07, 6.45) is 8.36. The molecule has 2 fully saturated rings. The zero-order valence-corrected chi connectivity index (χ0v) is 18.1. The van der Waals surface area contributed by atoms with Gasteiger partial charge < -0.3 is 19.8 Å². The van der Waals surface area contributed by atoms with E-state index in [4.69, 9.17) is 9.84 Å². The third-order valence-corrected chi connectivity index (χ3v) is 7.61. The number of rotatable bonds is 12. The van der Waals surface area contributed by atoms with E-state index in [1.54, 1.807) is 12.1 Å². The summed E-state index contributed by atoms with van der Waals surface area (Å²) < 4.78 is 5.79. The molecule has 1 aliphatic heterocycles. The molecule has 0 aromatic carbocycles. The number of aliphatic hydroxyl groups is 1. The monoisotopic (exact) mass is 423 g/mol. The van der Waals surface area contributed by atoms with Crippen LogP contribution in [0.3, 0.4) is 0 Å². The van der Waals surface area contributed by atoms with Crippen molar-refractivity contribution in [3.8, 4) is 0 Å². The average molecular weight is 424 g/mol. The van der Waals surface area contributed by atoms with Crippen LogP contribution in [-0.2, 0) is 16.1 Å². The Morgan fingerprint density at radius 1 is 1.41 bits per heavy atom. The molecule has 2 atom stereocenters. The first-order valence-corrected chi connectivity index (χ1v) is 11.6. The first kappa shape index (κ1) is 22.2. The number of likely N-dealkylation sites (tertiary alicyclic amines) is 1. The third-order valence-electron chi connectivity index (χ3n) is 6.56. The van der Waals surface area contributed by atoms with Gasteiger partial charge in [-0.15, -0.1) is 11.3 Å². The second kappa shape index (κ2) is 10.0. The lowest BCUT2D eigenvalue weighted by Gasteiger charge is -2.46. The summed E-state index contributed by atoms with van der Waals surface area (Å²) in [6, 6.07) is 3.45. The highest BCUT2D eigenvalue weighted by Crippen LogP contribution is 2.48. The molecule has 1 saturated heterocycles. The van der Waals surface area contributed by atoms with Gasteiger partial charge in [0.25, 0.3) is 0 Å². The molecular weight excluding hydrogens is 390 g/mol. The SMILES string of the molecule is CCCC1(C(O)CCCN2C(=O)CC[C@@H]2COCc2ccc(C(=O)O)s2)CCC1. The molecule has 1 aliphatic carbocycles. The molecule has 1 amide bonds. The lowest BCUT2D eigenvalue weighted by molar-refractivity contribution is -0.130. The predicted octanol–water partition coefficient (Wildman–Crippen LogP) is 4.07. The minimum Gasteiger partial charge on any atom is -0.477 e. The molecule has 29 heavy (non-hydrogen) atoms. The summed E-state index contributed by atoms with van der Waals surface area (Å²) in [5.41, 5.74) is 0.127. The second-order valence-electron chi connectivity index (χ2n) is 8.49. The van der Waals surface area contributed by atoms with Gasteiger partial charge in [0.1, 0.15) is 4.88 Å². The molecule has 162 valence electrons. The first-order valence-electron chi connectivity index (χ1n) is 10.8. The number of aliphatic hydroxyl groups excluding tert-OH is 1. The van der Waals surface area contributed by atoms with Crippen LogP contribution >= 0.6 is 11.3 Å². The maximum atomic E-state index is 12.3. The van der Waals surface area contributed by atoms with Crippen LogP contribution in [0.25, 0.3) is 0 Å². The number of aromatic carboxylic acids is 1. The van der Waals surface area contributed by atoms with Crippen molar-refractivity contribution in [1.29, 1.82) is 0 Å². The summed E-state index contributed by atoms with van der Waals surface area (Å²) in [5, 5.41) is 19.7. The molecule has 3 rings (SSSR count). The number of carbonyl (C=O) groups is 2. The summed E-state index contributed by atoms with van der Waals surface area (Å²) in [6.45, 7) is 3.69. The molecule has 0 bridgehead atoms. The molecule has 6 nitrogen and oxygen atoms in total.